The molecule has 0 unspecified atom stereocenters. The van der Waals surface area contributed by atoms with Gasteiger partial charge in [0, 0.05) is 6.04 Å². The van der Waals surface area contributed by atoms with Crippen molar-refractivity contribution in [1.29, 1.82) is 0 Å². The number of allylic oxidation sites excluding steroid dienone is 1. The van der Waals surface area contributed by atoms with Gasteiger partial charge in [0.25, 0.3) is 0 Å². The van der Waals surface area contributed by atoms with E-state index in [2.05, 4.69) is 4.72 Å². The fourth-order valence-corrected chi connectivity index (χ4v) is 3.62. The van der Waals surface area contributed by atoms with Gasteiger partial charge in [-0.2, -0.15) is 0 Å². The standard InChI is InChI=1S/C14H16FNO4S/c1-9-5-11(15)8-13(6-9)21(19,20)16-12-4-2-3-10(7-12)14(17)18/h2,4-6,8,10,12,16H,3,7H2,1H3,(H,17,18)/t10-,12-/m0/s1. The largest absolute Gasteiger partial charge is 0.481 e. The first-order chi connectivity index (χ1) is 9.78. The summed E-state index contributed by atoms with van der Waals surface area (Å²) in [7, 11) is -3.89. The second-order valence-electron chi connectivity index (χ2n) is 5.13. The predicted octanol–water partition coefficient (Wildman–Crippen LogP) is 1.83. The van der Waals surface area contributed by atoms with Crippen molar-refractivity contribution in [2.75, 3.05) is 0 Å². The van der Waals surface area contributed by atoms with Crippen LogP contribution in [0.2, 0.25) is 0 Å². The molecule has 0 saturated carbocycles. The van der Waals surface area contributed by atoms with Crippen LogP contribution >= 0.6 is 0 Å². The molecule has 0 aliphatic heterocycles. The summed E-state index contributed by atoms with van der Waals surface area (Å²) in [5.41, 5.74) is 0.498. The summed E-state index contributed by atoms with van der Waals surface area (Å²) in [5, 5.41) is 8.98. The minimum Gasteiger partial charge on any atom is -0.481 e. The summed E-state index contributed by atoms with van der Waals surface area (Å²) < 4.78 is 40.2. The molecule has 2 N–H and O–H groups in total. The van der Waals surface area contributed by atoms with E-state index in [1.54, 1.807) is 19.1 Å². The molecule has 1 aromatic rings. The van der Waals surface area contributed by atoms with Crippen LogP contribution < -0.4 is 4.72 Å². The normalized spacial score (nSPS) is 22.2. The van der Waals surface area contributed by atoms with Gasteiger partial charge >= 0.3 is 5.97 Å². The first-order valence-corrected chi connectivity index (χ1v) is 7.95. The van der Waals surface area contributed by atoms with Crippen molar-refractivity contribution in [2.45, 2.75) is 30.7 Å². The van der Waals surface area contributed by atoms with Gasteiger partial charge in [-0.25, -0.2) is 17.5 Å². The minimum atomic E-state index is -3.89. The van der Waals surface area contributed by atoms with Crippen LogP contribution in [0.25, 0.3) is 0 Å². The Hall–Kier alpha value is -1.73. The van der Waals surface area contributed by atoms with E-state index in [0.717, 1.165) is 6.07 Å². The third kappa shape index (κ3) is 3.89. The predicted molar refractivity (Wildman–Crippen MR) is 74.7 cm³/mol. The fourth-order valence-electron chi connectivity index (χ4n) is 2.30. The topological polar surface area (TPSA) is 83.5 Å². The van der Waals surface area contributed by atoms with Crippen molar-refractivity contribution in [3.8, 4) is 0 Å². The molecule has 0 spiro atoms. The molecule has 0 fully saturated rings. The third-order valence-corrected chi connectivity index (χ3v) is 4.78. The lowest BCUT2D eigenvalue weighted by Gasteiger charge is -2.22. The molecule has 2 rings (SSSR count). The van der Waals surface area contributed by atoms with Gasteiger partial charge in [-0.3, -0.25) is 4.79 Å². The van der Waals surface area contributed by atoms with Crippen LogP contribution in [0.4, 0.5) is 4.39 Å². The maximum atomic E-state index is 13.3. The number of benzene rings is 1. The van der Waals surface area contributed by atoms with Crippen molar-refractivity contribution in [1.82, 2.24) is 4.72 Å². The van der Waals surface area contributed by atoms with Crippen molar-refractivity contribution in [3.05, 3.63) is 41.7 Å². The number of sulfonamides is 1. The van der Waals surface area contributed by atoms with E-state index < -0.39 is 33.8 Å². The maximum Gasteiger partial charge on any atom is 0.306 e. The zero-order chi connectivity index (χ0) is 15.6. The van der Waals surface area contributed by atoms with Gasteiger partial charge in [-0.15, -0.1) is 0 Å². The monoisotopic (exact) mass is 313 g/mol. The van der Waals surface area contributed by atoms with Crippen LogP contribution in [0.1, 0.15) is 18.4 Å². The number of rotatable bonds is 4. The molecule has 0 radical (unpaired) electrons. The van der Waals surface area contributed by atoms with E-state index in [1.807, 2.05) is 0 Å². The average Bonchev–Trinajstić information content (AvgIpc) is 2.37. The van der Waals surface area contributed by atoms with E-state index >= 15 is 0 Å². The first-order valence-electron chi connectivity index (χ1n) is 6.47. The number of aryl methyl sites for hydroxylation is 1. The number of carbonyl (C=O) groups is 1. The number of aliphatic carboxylic acids is 1. The van der Waals surface area contributed by atoms with Crippen LogP contribution in [0.3, 0.4) is 0 Å². The average molecular weight is 313 g/mol. The molecule has 0 amide bonds. The van der Waals surface area contributed by atoms with Gasteiger partial charge in [-0.1, -0.05) is 12.2 Å². The summed E-state index contributed by atoms with van der Waals surface area (Å²) in [6.07, 6.45) is 3.83. The summed E-state index contributed by atoms with van der Waals surface area (Å²) in [5.74, 6) is -2.19. The Balaban J connectivity index is 2.19. The zero-order valence-corrected chi connectivity index (χ0v) is 12.2. The summed E-state index contributed by atoms with van der Waals surface area (Å²) in [6, 6.07) is 2.94. The first kappa shape index (κ1) is 15.7. The second-order valence-corrected chi connectivity index (χ2v) is 6.84. The van der Waals surface area contributed by atoms with Gasteiger partial charge in [0.1, 0.15) is 5.82 Å². The highest BCUT2D eigenvalue weighted by atomic mass is 32.2. The second kappa shape index (κ2) is 5.95. The van der Waals surface area contributed by atoms with Crippen LogP contribution in [-0.2, 0) is 14.8 Å². The Morgan fingerprint density at radius 2 is 2.10 bits per heavy atom. The molecule has 0 aromatic heterocycles. The molecule has 1 aromatic carbocycles. The molecule has 1 aliphatic carbocycles. The van der Waals surface area contributed by atoms with E-state index in [0.29, 0.717) is 12.0 Å². The third-order valence-electron chi connectivity index (χ3n) is 3.31. The highest BCUT2D eigenvalue weighted by molar-refractivity contribution is 7.89. The Morgan fingerprint density at radius 3 is 2.71 bits per heavy atom. The maximum absolute atomic E-state index is 13.3. The van der Waals surface area contributed by atoms with Gasteiger partial charge in [0.15, 0.2) is 0 Å². The van der Waals surface area contributed by atoms with Crippen LogP contribution in [0, 0.1) is 18.7 Å². The SMILES string of the molecule is Cc1cc(F)cc(S(=O)(=O)N[C@H]2C=CC[C@H](C(=O)O)C2)c1. The molecule has 1 aliphatic rings. The number of carboxylic acid groups (broad SMARTS) is 1. The summed E-state index contributed by atoms with van der Waals surface area (Å²) in [4.78, 5) is 10.8. The van der Waals surface area contributed by atoms with E-state index in [-0.39, 0.29) is 11.3 Å². The molecule has 21 heavy (non-hydrogen) atoms. The highest BCUT2D eigenvalue weighted by Crippen LogP contribution is 2.21. The van der Waals surface area contributed by atoms with Crippen LogP contribution in [0.5, 0.6) is 0 Å². The van der Waals surface area contributed by atoms with E-state index in [9.17, 15) is 17.6 Å². The molecule has 0 saturated heterocycles. The number of carboxylic acids is 1. The van der Waals surface area contributed by atoms with Crippen molar-refractivity contribution in [2.24, 2.45) is 5.92 Å². The molecular formula is C14H16FNO4S. The van der Waals surface area contributed by atoms with Gasteiger partial charge in [0.05, 0.1) is 10.8 Å². The minimum absolute atomic E-state index is 0.161. The summed E-state index contributed by atoms with van der Waals surface area (Å²) in [6.45, 7) is 1.60. The number of halogens is 1. The molecule has 0 bridgehead atoms. The fraction of sp³-hybridized carbons (Fsp3) is 0.357. The zero-order valence-electron chi connectivity index (χ0n) is 11.4. The Bertz CT molecular complexity index is 664. The van der Waals surface area contributed by atoms with E-state index in [1.165, 1.54) is 12.1 Å². The van der Waals surface area contributed by atoms with Crippen molar-refractivity contribution >= 4 is 16.0 Å². The van der Waals surface area contributed by atoms with Crippen molar-refractivity contribution in [3.63, 3.8) is 0 Å². The number of hydrogen-bond acceptors (Lipinski definition) is 3. The van der Waals surface area contributed by atoms with Gasteiger partial charge < -0.3 is 5.11 Å². The lowest BCUT2D eigenvalue weighted by atomic mass is 9.92. The molecule has 2 atom stereocenters. The Labute approximate surface area is 122 Å². The van der Waals surface area contributed by atoms with Gasteiger partial charge in [0.2, 0.25) is 10.0 Å². The molecule has 114 valence electrons. The lowest BCUT2D eigenvalue weighted by Crippen LogP contribution is -2.37. The van der Waals surface area contributed by atoms with E-state index in [4.69, 9.17) is 5.11 Å². The Morgan fingerprint density at radius 1 is 1.38 bits per heavy atom. The van der Waals surface area contributed by atoms with Gasteiger partial charge in [-0.05, 0) is 43.5 Å². The molecular weight excluding hydrogens is 297 g/mol. The Kier molecular flexibility index (Phi) is 4.43. The summed E-state index contributed by atoms with van der Waals surface area (Å²) >= 11 is 0. The van der Waals surface area contributed by atoms with Crippen LogP contribution in [0.15, 0.2) is 35.2 Å². The molecule has 0 heterocycles. The molecule has 5 nitrogen and oxygen atoms in total. The molecule has 7 heteroatoms. The lowest BCUT2D eigenvalue weighted by molar-refractivity contribution is -0.142. The highest BCUT2D eigenvalue weighted by Gasteiger charge is 2.27. The number of nitrogens with one attached hydrogen (secondary N) is 1. The smallest absolute Gasteiger partial charge is 0.306 e. The van der Waals surface area contributed by atoms with Crippen LogP contribution in [-0.4, -0.2) is 25.5 Å². The quantitative estimate of drug-likeness (QED) is 0.831. The van der Waals surface area contributed by atoms with Crippen molar-refractivity contribution < 1.29 is 22.7 Å². The number of hydrogen-bond donors (Lipinski definition) is 2.